The van der Waals surface area contributed by atoms with Crippen molar-refractivity contribution >= 4 is 27.4 Å². The Balaban J connectivity index is 1.63. The van der Waals surface area contributed by atoms with Crippen molar-refractivity contribution in [2.24, 2.45) is 0 Å². The number of benzene rings is 3. The van der Waals surface area contributed by atoms with Gasteiger partial charge in [0.15, 0.2) is 0 Å². The smallest absolute Gasteiger partial charge is 0.320 e. The maximum absolute atomic E-state index is 14.1. The highest BCUT2D eigenvalue weighted by Gasteiger charge is 2.30. The second kappa shape index (κ2) is 9.19. The van der Waals surface area contributed by atoms with Gasteiger partial charge in [-0.05, 0) is 61.4 Å². The van der Waals surface area contributed by atoms with Crippen molar-refractivity contribution in [1.82, 2.24) is 4.90 Å². The van der Waals surface area contributed by atoms with Gasteiger partial charge in [-0.1, -0.05) is 24.3 Å². The number of amides is 2. The summed E-state index contributed by atoms with van der Waals surface area (Å²) in [5.41, 5.74) is 1.56. The summed E-state index contributed by atoms with van der Waals surface area (Å²) in [5.74, 6) is -1.17. The maximum atomic E-state index is 14.1. The van der Waals surface area contributed by atoms with E-state index in [4.69, 9.17) is 0 Å². The van der Waals surface area contributed by atoms with E-state index >= 15 is 0 Å². The average Bonchev–Trinajstić information content (AvgIpc) is 2.78. The quantitative estimate of drug-likeness (QED) is 0.556. The van der Waals surface area contributed by atoms with Gasteiger partial charge in [-0.2, -0.15) is 0 Å². The van der Waals surface area contributed by atoms with Crippen LogP contribution in [0.4, 0.5) is 25.0 Å². The largest absolute Gasteiger partial charge is 0.324 e. The molecule has 3 aromatic carbocycles. The number of aryl methyl sites for hydroxylation is 1. The van der Waals surface area contributed by atoms with Gasteiger partial charge >= 0.3 is 6.03 Å². The molecule has 6 nitrogen and oxygen atoms in total. The van der Waals surface area contributed by atoms with Gasteiger partial charge < -0.3 is 4.90 Å². The number of halogens is 2. The summed E-state index contributed by atoms with van der Waals surface area (Å²) in [6.45, 7) is 2.48. The minimum atomic E-state index is -3.87. The molecule has 0 spiro atoms. The molecule has 1 aliphatic rings. The first-order valence-electron chi connectivity index (χ1n) is 10.4. The van der Waals surface area contributed by atoms with Crippen LogP contribution in [-0.4, -0.2) is 32.4 Å². The Bertz CT molecular complexity index is 1280. The third-order valence-electron chi connectivity index (χ3n) is 5.42. The fraction of sp³-hybridized carbons (Fsp3) is 0.208. The number of rotatable bonds is 6. The summed E-state index contributed by atoms with van der Waals surface area (Å²) < 4.78 is 56.1. The lowest BCUT2D eigenvalue weighted by Gasteiger charge is -2.36. The predicted molar refractivity (Wildman–Crippen MR) is 123 cm³/mol. The summed E-state index contributed by atoms with van der Waals surface area (Å²) in [7, 11) is -3.87. The maximum Gasteiger partial charge on any atom is 0.324 e. The second-order valence-electron chi connectivity index (χ2n) is 7.88. The Morgan fingerprint density at radius 1 is 0.970 bits per heavy atom. The van der Waals surface area contributed by atoms with E-state index in [1.165, 1.54) is 21.9 Å². The first-order valence-corrected chi connectivity index (χ1v) is 11.9. The van der Waals surface area contributed by atoms with E-state index in [2.05, 4.69) is 4.72 Å². The molecule has 172 valence electrons. The van der Waals surface area contributed by atoms with Crippen LogP contribution in [0.5, 0.6) is 0 Å². The van der Waals surface area contributed by atoms with Crippen LogP contribution in [-0.2, 0) is 16.6 Å². The van der Waals surface area contributed by atoms with E-state index in [0.29, 0.717) is 25.2 Å². The fourth-order valence-electron chi connectivity index (χ4n) is 3.79. The average molecular weight is 472 g/mol. The number of hydrogen-bond acceptors (Lipinski definition) is 3. The van der Waals surface area contributed by atoms with Crippen LogP contribution in [0.15, 0.2) is 71.6 Å². The summed E-state index contributed by atoms with van der Waals surface area (Å²) in [6.07, 6.45) is 0.585. The molecular formula is C24H23F2N3O3S. The van der Waals surface area contributed by atoms with Crippen LogP contribution in [0.3, 0.4) is 0 Å². The number of carbonyl (C=O) groups excluding carboxylic acids is 1. The third kappa shape index (κ3) is 4.98. The molecule has 0 saturated carbocycles. The first-order chi connectivity index (χ1) is 15.7. The van der Waals surface area contributed by atoms with E-state index in [9.17, 15) is 22.0 Å². The molecule has 1 fully saturated rings. The number of nitrogens with zero attached hydrogens (tertiary/aromatic N) is 2. The zero-order valence-corrected chi connectivity index (χ0v) is 18.8. The lowest BCUT2D eigenvalue weighted by molar-refractivity contribution is 0.191. The number of anilines is 2. The van der Waals surface area contributed by atoms with Crippen LogP contribution in [0.1, 0.15) is 17.5 Å². The van der Waals surface area contributed by atoms with Gasteiger partial charge in [-0.15, -0.1) is 0 Å². The molecule has 0 unspecified atom stereocenters. The van der Waals surface area contributed by atoms with Gasteiger partial charge in [-0.25, -0.2) is 22.0 Å². The standard InChI is InChI=1S/C24H23F2N3O3S/c1-17-8-11-23(22(14-17)27-33(31,32)20-6-3-2-4-7-20)29-13-5-12-28(24(29)30)16-18-15-19(25)9-10-21(18)26/h2-4,6-11,14-15,27H,5,12-13,16H2,1H3. The number of sulfonamides is 1. The van der Waals surface area contributed by atoms with Gasteiger partial charge in [0, 0.05) is 18.7 Å². The minimum absolute atomic E-state index is 0.0825. The van der Waals surface area contributed by atoms with Crippen molar-refractivity contribution in [1.29, 1.82) is 0 Å². The highest BCUT2D eigenvalue weighted by atomic mass is 32.2. The molecule has 1 heterocycles. The minimum Gasteiger partial charge on any atom is -0.320 e. The number of nitrogens with one attached hydrogen (secondary N) is 1. The lowest BCUT2D eigenvalue weighted by Crippen LogP contribution is -2.49. The molecule has 0 aliphatic carbocycles. The number of hydrogen-bond donors (Lipinski definition) is 1. The molecule has 0 radical (unpaired) electrons. The Labute approximate surface area is 191 Å². The molecule has 1 aliphatic heterocycles. The van der Waals surface area contributed by atoms with Gasteiger partial charge in [-0.3, -0.25) is 9.62 Å². The summed E-state index contributed by atoms with van der Waals surface area (Å²) in [6, 6.07) is 15.8. The van der Waals surface area contributed by atoms with E-state index in [-0.39, 0.29) is 22.7 Å². The van der Waals surface area contributed by atoms with Crippen LogP contribution in [0.25, 0.3) is 0 Å². The molecule has 2 amide bonds. The molecule has 0 aromatic heterocycles. The number of carbonyl (C=O) groups is 1. The molecule has 33 heavy (non-hydrogen) atoms. The normalized spacial score (nSPS) is 14.5. The Morgan fingerprint density at radius 3 is 2.48 bits per heavy atom. The molecule has 0 bridgehead atoms. The Kier molecular flexibility index (Phi) is 6.33. The zero-order valence-electron chi connectivity index (χ0n) is 18.0. The molecule has 0 atom stereocenters. The molecule has 1 N–H and O–H groups in total. The van der Waals surface area contributed by atoms with Crippen molar-refractivity contribution in [3.63, 3.8) is 0 Å². The highest BCUT2D eigenvalue weighted by molar-refractivity contribution is 7.92. The summed E-state index contributed by atoms with van der Waals surface area (Å²) >= 11 is 0. The highest BCUT2D eigenvalue weighted by Crippen LogP contribution is 2.32. The fourth-order valence-corrected chi connectivity index (χ4v) is 4.88. The molecular weight excluding hydrogens is 448 g/mol. The Hall–Kier alpha value is -3.46. The van der Waals surface area contributed by atoms with Crippen molar-refractivity contribution in [2.75, 3.05) is 22.7 Å². The molecule has 3 aromatic rings. The topological polar surface area (TPSA) is 69.7 Å². The second-order valence-corrected chi connectivity index (χ2v) is 9.57. The van der Waals surface area contributed by atoms with E-state index < -0.39 is 27.7 Å². The summed E-state index contributed by atoms with van der Waals surface area (Å²) in [4.78, 5) is 16.2. The van der Waals surface area contributed by atoms with Gasteiger partial charge in [0.1, 0.15) is 11.6 Å². The number of urea groups is 1. The van der Waals surface area contributed by atoms with E-state index in [1.807, 2.05) is 6.92 Å². The third-order valence-corrected chi connectivity index (χ3v) is 6.80. The first kappa shape index (κ1) is 22.7. The van der Waals surface area contributed by atoms with E-state index in [0.717, 1.165) is 23.8 Å². The van der Waals surface area contributed by atoms with Crippen LogP contribution >= 0.6 is 0 Å². The van der Waals surface area contributed by atoms with E-state index in [1.54, 1.807) is 36.4 Å². The van der Waals surface area contributed by atoms with Crippen LogP contribution in [0, 0.1) is 18.6 Å². The van der Waals surface area contributed by atoms with Crippen molar-refractivity contribution in [3.05, 3.63) is 89.5 Å². The monoisotopic (exact) mass is 471 g/mol. The van der Waals surface area contributed by atoms with Crippen molar-refractivity contribution < 1.29 is 22.0 Å². The SMILES string of the molecule is Cc1ccc(N2CCCN(Cc3cc(F)ccc3F)C2=O)c(NS(=O)(=O)c2ccccc2)c1. The molecule has 9 heteroatoms. The molecule has 4 rings (SSSR count). The van der Waals surface area contributed by atoms with Crippen LogP contribution < -0.4 is 9.62 Å². The van der Waals surface area contributed by atoms with Gasteiger partial charge in [0.05, 0.1) is 22.8 Å². The predicted octanol–water partition coefficient (Wildman–Crippen LogP) is 4.91. The van der Waals surface area contributed by atoms with Crippen LogP contribution in [0.2, 0.25) is 0 Å². The summed E-state index contributed by atoms with van der Waals surface area (Å²) in [5, 5.41) is 0. The van der Waals surface area contributed by atoms with Gasteiger partial charge in [0.25, 0.3) is 10.0 Å². The van der Waals surface area contributed by atoms with Crippen molar-refractivity contribution in [2.45, 2.75) is 24.8 Å². The van der Waals surface area contributed by atoms with Gasteiger partial charge in [0.2, 0.25) is 0 Å². The Morgan fingerprint density at radius 2 is 1.73 bits per heavy atom. The lowest BCUT2D eigenvalue weighted by atomic mass is 10.1. The zero-order chi connectivity index (χ0) is 23.6. The van der Waals surface area contributed by atoms with Crippen molar-refractivity contribution in [3.8, 4) is 0 Å². The molecule has 1 saturated heterocycles.